The molecule has 0 amide bonds. The molecular weight excluding hydrogens is 268 g/mol. The van der Waals surface area contributed by atoms with E-state index in [4.69, 9.17) is 16.3 Å². The molecule has 0 saturated heterocycles. The Labute approximate surface area is 116 Å². The standard InChI is InChI=1S/C12H17ClN4O2/c1-5-17-10(8(13)6-14-17)11(18)9-7(2)15-16(3)12(9)19-4/h6,11,18H,5H2,1-4H3. The molecule has 0 aliphatic rings. The van der Waals surface area contributed by atoms with Crippen molar-refractivity contribution in [3.05, 3.63) is 28.2 Å². The number of aryl methyl sites for hydroxylation is 3. The van der Waals surface area contributed by atoms with Crippen molar-refractivity contribution in [3.63, 3.8) is 0 Å². The van der Waals surface area contributed by atoms with Crippen molar-refractivity contribution in [2.75, 3.05) is 7.11 Å². The van der Waals surface area contributed by atoms with Gasteiger partial charge < -0.3 is 9.84 Å². The van der Waals surface area contributed by atoms with E-state index in [1.54, 1.807) is 23.5 Å². The summed E-state index contributed by atoms with van der Waals surface area (Å²) in [7, 11) is 3.31. The van der Waals surface area contributed by atoms with E-state index < -0.39 is 6.10 Å². The molecule has 0 bridgehead atoms. The molecule has 0 saturated carbocycles. The summed E-state index contributed by atoms with van der Waals surface area (Å²) >= 11 is 6.11. The van der Waals surface area contributed by atoms with Crippen LogP contribution in [0, 0.1) is 6.92 Å². The lowest BCUT2D eigenvalue weighted by Gasteiger charge is -2.14. The Hall–Kier alpha value is -1.53. The van der Waals surface area contributed by atoms with Gasteiger partial charge in [-0.15, -0.1) is 0 Å². The number of nitrogens with zero attached hydrogens (tertiary/aromatic N) is 4. The molecule has 0 spiro atoms. The molecule has 2 aromatic heterocycles. The number of ether oxygens (including phenoxy) is 1. The summed E-state index contributed by atoms with van der Waals surface area (Å²) in [6.45, 7) is 4.38. The van der Waals surface area contributed by atoms with Crippen LogP contribution in [0.2, 0.25) is 5.02 Å². The zero-order valence-electron chi connectivity index (χ0n) is 11.4. The lowest BCUT2D eigenvalue weighted by atomic mass is 10.1. The van der Waals surface area contributed by atoms with Crippen molar-refractivity contribution in [2.24, 2.45) is 7.05 Å². The third-order valence-electron chi connectivity index (χ3n) is 3.07. The van der Waals surface area contributed by atoms with Crippen LogP contribution in [0.3, 0.4) is 0 Å². The summed E-state index contributed by atoms with van der Waals surface area (Å²) in [5.74, 6) is 0.518. The van der Waals surface area contributed by atoms with Gasteiger partial charge in [0.05, 0.1) is 35.3 Å². The molecule has 19 heavy (non-hydrogen) atoms. The van der Waals surface area contributed by atoms with Crippen molar-refractivity contribution < 1.29 is 9.84 Å². The van der Waals surface area contributed by atoms with Crippen LogP contribution in [-0.2, 0) is 13.6 Å². The topological polar surface area (TPSA) is 65.1 Å². The minimum Gasteiger partial charge on any atom is -0.481 e. The van der Waals surface area contributed by atoms with E-state index in [-0.39, 0.29) is 0 Å². The molecule has 0 fully saturated rings. The van der Waals surface area contributed by atoms with Gasteiger partial charge in [0.15, 0.2) is 0 Å². The fourth-order valence-electron chi connectivity index (χ4n) is 2.24. The maximum Gasteiger partial charge on any atom is 0.217 e. The molecule has 0 aliphatic carbocycles. The average molecular weight is 285 g/mol. The number of methoxy groups -OCH3 is 1. The number of hydrogen-bond acceptors (Lipinski definition) is 4. The van der Waals surface area contributed by atoms with Crippen LogP contribution in [0.1, 0.15) is 30.0 Å². The number of aliphatic hydroxyl groups is 1. The molecule has 0 radical (unpaired) electrons. The second-order valence-corrected chi connectivity index (χ2v) is 4.64. The summed E-state index contributed by atoms with van der Waals surface area (Å²) in [4.78, 5) is 0. The Bertz CT molecular complexity index is 591. The molecule has 1 atom stereocenters. The summed E-state index contributed by atoms with van der Waals surface area (Å²) in [6, 6.07) is 0. The van der Waals surface area contributed by atoms with Crippen molar-refractivity contribution in [1.29, 1.82) is 0 Å². The van der Waals surface area contributed by atoms with E-state index in [0.717, 1.165) is 0 Å². The Morgan fingerprint density at radius 3 is 2.79 bits per heavy atom. The SMILES string of the molecule is CCn1ncc(Cl)c1C(O)c1c(C)nn(C)c1OC. The second-order valence-electron chi connectivity index (χ2n) is 4.23. The molecule has 2 aromatic rings. The lowest BCUT2D eigenvalue weighted by Crippen LogP contribution is -2.11. The van der Waals surface area contributed by atoms with Gasteiger partial charge in [-0.1, -0.05) is 11.6 Å². The molecule has 1 N–H and O–H groups in total. The zero-order chi connectivity index (χ0) is 14.2. The largest absolute Gasteiger partial charge is 0.481 e. The second kappa shape index (κ2) is 5.22. The number of rotatable bonds is 4. The molecular formula is C12H17ClN4O2. The van der Waals surface area contributed by atoms with Gasteiger partial charge in [-0.2, -0.15) is 10.2 Å². The average Bonchev–Trinajstić information content (AvgIpc) is 2.88. The van der Waals surface area contributed by atoms with Crippen molar-refractivity contribution >= 4 is 11.6 Å². The quantitative estimate of drug-likeness (QED) is 0.928. The van der Waals surface area contributed by atoms with Gasteiger partial charge in [0.25, 0.3) is 0 Å². The maximum absolute atomic E-state index is 10.6. The molecule has 0 aromatic carbocycles. The summed E-state index contributed by atoms with van der Waals surface area (Å²) in [5, 5.41) is 19.4. The van der Waals surface area contributed by atoms with Crippen LogP contribution >= 0.6 is 11.6 Å². The Balaban J connectivity index is 2.55. The van der Waals surface area contributed by atoms with Gasteiger partial charge in [0.1, 0.15) is 6.10 Å². The smallest absolute Gasteiger partial charge is 0.217 e. The highest BCUT2D eigenvalue weighted by molar-refractivity contribution is 6.31. The predicted octanol–water partition coefficient (Wildman–Crippen LogP) is 1.69. The first-order valence-electron chi connectivity index (χ1n) is 5.98. The highest BCUT2D eigenvalue weighted by Crippen LogP contribution is 2.35. The fourth-order valence-corrected chi connectivity index (χ4v) is 2.49. The normalized spacial score (nSPS) is 12.7. The highest BCUT2D eigenvalue weighted by atomic mass is 35.5. The lowest BCUT2D eigenvalue weighted by molar-refractivity contribution is 0.201. The number of aliphatic hydroxyl groups excluding tert-OH is 1. The molecule has 2 heterocycles. The van der Waals surface area contributed by atoms with E-state index in [9.17, 15) is 5.11 Å². The monoisotopic (exact) mass is 284 g/mol. The third-order valence-corrected chi connectivity index (χ3v) is 3.36. The number of hydrogen-bond donors (Lipinski definition) is 1. The van der Waals surface area contributed by atoms with Crippen molar-refractivity contribution in [1.82, 2.24) is 19.6 Å². The first-order valence-corrected chi connectivity index (χ1v) is 6.35. The highest BCUT2D eigenvalue weighted by Gasteiger charge is 2.27. The number of aromatic nitrogens is 4. The molecule has 2 rings (SSSR count). The van der Waals surface area contributed by atoms with Crippen LogP contribution in [0.25, 0.3) is 0 Å². The van der Waals surface area contributed by atoms with E-state index >= 15 is 0 Å². The van der Waals surface area contributed by atoms with Gasteiger partial charge in [-0.3, -0.25) is 4.68 Å². The molecule has 1 unspecified atom stereocenters. The van der Waals surface area contributed by atoms with Gasteiger partial charge in [0, 0.05) is 13.6 Å². The van der Waals surface area contributed by atoms with Gasteiger partial charge >= 0.3 is 0 Å². The summed E-state index contributed by atoms with van der Waals surface area (Å²) < 4.78 is 8.55. The van der Waals surface area contributed by atoms with Crippen LogP contribution < -0.4 is 4.74 Å². The zero-order valence-corrected chi connectivity index (χ0v) is 12.1. The molecule has 104 valence electrons. The molecule has 7 heteroatoms. The molecule has 6 nitrogen and oxygen atoms in total. The van der Waals surface area contributed by atoms with Crippen LogP contribution in [0.4, 0.5) is 0 Å². The van der Waals surface area contributed by atoms with Gasteiger partial charge in [0.2, 0.25) is 5.88 Å². The first-order chi connectivity index (χ1) is 9.01. The Morgan fingerprint density at radius 1 is 1.53 bits per heavy atom. The van der Waals surface area contributed by atoms with E-state index in [1.807, 2.05) is 13.8 Å². The summed E-state index contributed by atoms with van der Waals surface area (Å²) in [6.07, 6.45) is 0.612. The maximum atomic E-state index is 10.6. The van der Waals surface area contributed by atoms with Crippen molar-refractivity contribution in [3.8, 4) is 5.88 Å². The van der Waals surface area contributed by atoms with Crippen LogP contribution in [-0.4, -0.2) is 31.8 Å². The number of halogens is 1. The Morgan fingerprint density at radius 2 is 2.21 bits per heavy atom. The minimum atomic E-state index is -0.918. The van der Waals surface area contributed by atoms with E-state index in [0.29, 0.717) is 34.4 Å². The fraction of sp³-hybridized carbons (Fsp3) is 0.500. The third kappa shape index (κ3) is 2.21. The van der Waals surface area contributed by atoms with E-state index in [1.165, 1.54) is 6.20 Å². The predicted molar refractivity (Wildman–Crippen MR) is 71.5 cm³/mol. The van der Waals surface area contributed by atoms with Crippen LogP contribution in [0.5, 0.6) is 5.88 Å². The minimum absolute atomic E-state index is 0.430. The van der Waals surface area contributed by atoms with Crippen molar-refractivity contribution in [2.45, 2.75) is 26.5 Å². The Kier molecular flexibility index (Phi) is 3.82. The van der Waals surface area contributed by atoms with Crippen LogP contribution in [0.15, 0.2) is 6.20 Å². The van der Waals surface area contributed by atoms with Gasteiger partial charge in [-0.25, -0.2) is 4.68 Å². The first kappa shape index (κ1) is 13.9. The van der Waals surface area contributed by atoms with Gasteiger partial charge in [-0.05, 0) is 13.8 Å². The molecule has 0 aliphatic heterocycles. The summed E-state index contributed by atoms with van der Waals surface area (Å²) in [5.41, 5.74) is 1.87. The van der Waals surface area contributed by atoms with E-state index in [2.05, 4.69) is 10.2 Å².